The number of piperidine rings is 1. The number of aromatic nitrogens is 5. The van der Waals surface area contributed by atoms with Gasteiger partial charge >= 0.3 is 0 Å². The van der Waals surface area contributed by atoms with Gasteiger partial charge in [-0.25, -0.2) is 15.0 Å². The van der Waals surface area contributed by atoms with Gasteiger partial charge in [-0.1, -0.05) is 24.3 Å². The molecule has 48 heavy (non-hydrogen) atoms. The normalized spacial score (nSPS) is 13.2. The minimum atomic E-state index is 0.539. The largest absolute Gasteiger partial charge is 0.497 e. The van der Waals surface area contributed by atoms with Crippen LogP contribution in [0.4, 0.5) is 17.5 Å². The van der Waals surface area contributed by atoms with Crippen LogP contribution in [0.5, 0.6) is 17.4 Å². The smallest absolute Gasteiger partial charge is 0.229 e. The Labute approximate surface area is 281 Å². The van der Waals surface area contributed by atoms with Crippen molar-refractivity contribution in [3.05, 3.63) is 102 Å². The number of aryl methyl sites for hydroxylation is 1. The number of anilines is 3. The van der Waals surface area contributed by atoms with Gasteiger partial charge in [0.05, 0.1) is 38.8 Å². The molecule has 2 N–H and O–H groups in total. The van der Waals surface area contributed by atoms with Crippen LogP contribution in [0.3, 0.4) is 0 Å². The second kappa shape index (κ2) is 15.5. The summed E-state index contributed by atoms with van der Waals surface area (Å²) < 4.78 is 16.0. The van der Waals surface area contributed by atoms with Crippen molar-refractivity contribution in [3.63, 3.8) is 0 Å². The lowest BCUT2D eigenvalue weighted by atomic mass is 9.91. The molecular formula is C37H42N8O3. The van der Waals surface area contributed by atoms with Crippen LogP contribution >= 0.6 is 0 Å². The minimum Gasteiger partial charge on any atom is -0.497 e. The molecule has 0 aliphatic carbocycles. The highest BCUT2D eigenvalue weighted by Gasteiger charge is 2.20. The summed E-state index contributed by atoms with van der Waals surface area (Å²) in [6, 6.07) is 22.0. The van der Waals surface area contributed by atoms with E-state index in [0.29, 0.717) is 48.3 Å². The molecule has 0 spiro atoms. The summed E-state index contributed by atoms with van der Waals surface area (Å²) in [6.07, 6.45) is 6.92. The molecule has 1 aliphatic rings. The average molecular weight is 647 g/mol. The third-order valence-electron chi connectivity index (χ3n) is 8.46. The van der Waals surface area contributed by atoms with E-state index < -0.39 is 0 Å². The molecule has 0 atom stereocenters. The lowest BCUT2D eigenvalue weighted by Crippen LogP contribution is -2.28. The maximum absolute atomic E-state index is 5.40. The van der Waals surface area contributed by atoms with Crippen molar-refractivity contribution in [2.24, 2.45) is 5.92 Å². The van der Waals surface area contributed by atoms with Crippen LogP contribution in [0.1, 0.15) is 35.4 Å². The van der Waals surface area contributed by atoms with Crippen molar-refractivity contribution in [2.45, 2.75) is 39.3 Å². The third kappa shape index (κ3) is 8.34. The summed E-state index contributed by atoms with van der Waals surface area (Å²) >= 11 is 0. The van der Waals surface area contributed by atoms with E-state index in [4.69, 9.17) is 34.1 Å². The van der Waals surface area contributed by atoms with Gasteiger partial charge in [-0.15, -0.1) is 0 Å². The van der Waals surface area contributed by atoms with Crippen LogP contribution in [0.2, 0.25) is 0 Å². The van der Waals surface area contributed by atoms with Gasteiger partial charge in [0.25, 0.3) is 0 Å². The highest BCUT2D eigenvalue weighted by Crippen LogP contribution is 2.31. The molecule has 0 bridgehead atoms. The number of hydrogen-bond acceptors (Lipinski definition) is 11. The Morgan fingerprint density at radius 2 is 1.42 bits per heavy atom. The van der Waals surface area contributed by atoms with E-state index in [1.807, 2.05) is 49.5 Å². The van der Waals surface area contributed by atoms with Crippen LogP contribution < -0.4 is 29.7 Å². The summed E-state index contributed by atoms with van der Waals surface area (Å²) in [5.74, 6) is 5.14. The van der Waals surface area contributed by atoms with E-state index in [0.717, 1.165) is 71.8 Å². The summed E-state index contributed by atoms with van der Waals surface area (Å²) in [6.45, 7) is 5.15. The Kier molecular flexibility index (Phi) is 10.6. The monoisotopic (exact) mass is 646 g/mol. The number of benzene rings is 2. The second-order valence-electron chi connectivity index (χ2n) is 11.9. The first-order valence-corrected chi connectivity index (χ1v) is 16.2. The van der Waals surface area contributed by atoms with Gasteiger partial charge in [0.2, 0.25) is 11.8 Å². The quantitative estimate of drug-likeness (QED) is 0.153. The number of nitrogens with zero attached hydrogens (tertiary/aromatic N) is 6. The number of nitrogens with one attached hydrogen (secondary N) is 2. The third-order valence-corrected chi connectivity index (χ3v) is 8.46. The zero-order valence-corrected chi connectivity index (χ0v) is 27.9. The predicted molar refractivity (Wildman–Crippen MR) is 187 cm³/mol. The second-order valence-corrected chi connectivity index (χ2v) is 11.9. The first-order valence-electron chi connectivity index (χ1n) is 16.2. The minimum absolute atomic E-state index is 0.539. The molecule has 11 nitrogen and oxygen atoms in total. The molecule has 0 saturated carbocycles. The van der Waals surface area contributed by atoms with Crippen molar-refractivity contribution >= 4 is 17.5 Å². The highest BCUT2D eigenvalue weighted by molar-refractivity contribution is 5.75. The molecule has 0 unspecified atom stereocenters. The lowest BCUT2D eigenvalue weighted by molar-refractivity contribution is 0.372. The predicted octanol–water partition coefficient (Wildman–Crippen LogP) is 6.16. The molecule has 1 aliphatic heterocycles. The van der Waals surface area contributed by atoms with E-state index in [9.17, 15) is 0 Å². The van der Waals surface area contributed by atoms with Crippen LogP contribution in [0, 0.1) is 12.8 Å². The zero-order valence-electron chi connectivity index (χ0n) is 27.9. The summed E-state index contributed by atoms with van der Waals surface area (Å²) in [7, 11) is 4.94. The maximum atomic E-state index is 5.40. The van der Waals surface area contributed by atoms with E-state index in [1.165, 1.54) is 0 Å². The van der Waals surface area contributed by atoms with Gasteiger partial charge in [-0.3, -0.25) is 0 Å². The fraction of sp³-hybridized carbons (Fsp3) is 0.324. The van der Waals surface area contributed by atoms with E-state index in [-0.39, 0.29) is 0 Å². The van der Waals surface area contributed by atoms with E-state index >= 15 is 0 Å². The molecule has 5 aromatic rings. The Bertz CT molecular complexity index is 1730. The molecule has 0 amide bonds. The van der Waals surface area contributed by atoms with Crippen LogP contribution in [0.25, 0.3) is 11.4 Å². The highest BCUT2D eigenvalue weighted by atomic mass is 16.5. The van der Waals surface area contributed by atoms with Gasteiger partial charge in [0.15, 0.2) is 5.82 Å². The Hall–Kier alpha value is -5.29. The Morgan fingerprint density at radius 3 is 2.00 bits per heavy atom. The molecule has 6 rings (SSSR count). The van der Waals surface area contributed by atoms with Gasteiger partial charge in [0, 0.05) is 25.4 Å². The zero-order chi connectivity index (χ0) is 33.3. The first kappa shape index (κ1) is 32.6. The Balaban J connectivity index is 1.38. The SMILES string of the molecule is COc1ccc(CN(Cc2ccc(OC)cc2)c2nc(C)nc(-c3cc(CC4CCNCC4)cnc3Nc3ccc(OC)nc3)n2)cc1. The summed E-state index contributed by atoms with van der Waals surface area (Å²) in [4.78, 5) is 26.2. The summed E-state index contributed by atoms with van der Waals surface area (Å²) in [5.41, 5.74) is 4.94. The van der Waals surface area contributed by atoms with Crippen LogP contribution in [-0.4, -0.2) is 59.3 Å². The van der Waals surface area contributed by atoms with Gasteiger partial charge < -0.3 is 29.7 Å². The van der Waals surface area contributed by atoms with Crippen molar-refractivity contribution in [3.8, 4) is 28.8 Å². The van der Waals surface area contributed by atoms with Crippen LogP contribution in [-0.2, 0) is 19.5 Å². The number of ether oxygens (including phenoxy) is 3. The fourth-order valence-corrected chi connectivity index (χ4v) is 5.85. The number of pyridine rings is 2. The van der Waals surface area contributed by atoms with Crippen molar-refractivity contribution < 1.29 is 14.2 Å². The number of rotatable bonds is 13. The molecule has 3 aromatic heterocycles. The van der Waals surface area contributed by atoms with Crippen molar-refractivity contribution in [2.75, 3.05) is 44.6 Å². The molecule has 1 saturated heterocycles. The van der Waals surface area contributed by atoms with Gasteiger partial charge in [-0.05, 0) is 98.3 Å². The summed E-state index contributed by atoms with van der Waals surface area (Å²) in [5, 5.41) is 6.91. The van der Waals surface area contributed by atoms with Gasteiger partial charge in [0.1, 0.15) is 23.1 Å². The number of methoxy groups -OCH3 is 3. The van der Waals surface area contributed by atoms with Crippen molar-refractivity contribution in [1.82, 2.24) is 30.2 Å². The lowest BCUT2D eigenvalue weighted by Gasteiger charge is -2.24. The molecule has 0 radical (unpaired) electrons. The standard InChI is InChI=1S/C37H42N8O3/c1-25-41-36(33-20-29(19-26-15-17-38-18-16-26)21-40-35(33)43-30-9-14-34(48-4)39-22-30)44-37(42-25)45(23-27-5-10-31(46-2)11-6-27)24-28-7-12-32(47-3)13-8-28/h5-14,20-22,26,38H,15-19,23-24H2,1-4H3,(H,40,43). The van der Waals surface area contributed by atoms with E-state index in [2.05, 4.69) is 50.8 Å². The molecule has 11 heteroatoms. The molecule has 4 heterocycles. The van der Waals surface area contributed by atoms with Crippen LogP contribution in [0.15, 0.2) is 79.1 Å². The average Bonchev–Trinajstić information content (AvgIpc) is 3.13. The Morgan fingerprint density at radius 1 is 0.750 bits per heavy atom. The van der Waals surface area contributed by atoms with E-state index in [1.54, 1.807) is 27.5 Å². The molecule has 2 aromatic carbocycles. The maximum Gasteiger partial charge on any atom is 0.229 e. The first-order chi connectivity index (χ1) is 23.5. The topological polar surface area (TPSA) is 119 Å². The fourth-order valence-electron chi connectivity index (χ4n) is 5.85. The molecular weight excluding hydrogens is 604 g/mol. The molecule has 1 fully saturated rings. The molecule has 248 valence electrons. The van der Waals surface area contributed by atoms with Gasteiger partial charge in [-0.2, -0.15) is 9.97 Å². The van der Waals surface area contributed by atoms with Crippen molar-refractivity contribution in [1.29, 1.82) is 0 Å². The number of hydrogen-bond donors (Lipinski definition) is 2.